The van der Waals surface area contributed by atoms with Crippen LogP contribution in [0, 0.1) is 0 Å². The number of fused-ring (bicyclic) bond motifs is 1. The number of ether oxygens (including phenoxy) is 2. The summed E-state index contributed by atoms with van der Waals surface area (Å²) < 4.78 is 17.2. The van der Waals surface area contributed by atoms with Gasteiger partial charge < -0.3 is 13.9 Å². The zero-order valence-electron chi connectivity index (χ0n) is 19.5. The van der Waals surface area contributed by atoms with Gasteiger partial charge in [-0.3, -0.25) is 4.79 Å². The fourth-order valence-electron chi connectivity index (χ4n) is 3.91. The molecule has 4 aromatic carbocycles. The first kappa shape index (κ1) is 22.9. The molecule has 0 spiro atoms. The zero-order chi connectivity index (χ0) is 24.9. The van der Waals surface area contributed by atoms with Crippen molar-refractivity contribution in [2.75, 3.05) is 7.11 Å². The lowest BCUT2D eigenvalue weighted by Crippen LogP contribution is -2.09. The molecule has 0 aliphatic rings. The van der Waals surface area contributed by atoms with Crippen molar-refractivity contribution in [1.29, 1.82) is 0 Å². The van der Waals surface area contributed by atoms with Crippen LogP contribution in [0.5, 0.6) is 11.5 Å². The molecule has 1 heterocycles. The van der Waals surface area contributed by atoms with Gasteiger partial charge in [0.1, 0.15) is 28.4 Å². The first-order valence-electron chi connectivity index (χ1n) is 11.4. The maximum Gasteiger partial charge on any atom is 0.348 e. The van der Waals surface area contributed by atoms with E-state index in [9.17, 15) is 9.59 Å². The van der Waals surface area contributed by atoms with E-state index >= 15 is 0 Å². The highest BCUT2D eigenvalue weighted by Gasteiger charge is 2.24. The number of furan rings is 1. The number of allylic oxidation sites excluding steroid dienone is 1. The summed E-state index contributed by atoms with van der Waals surface area (Å²) in [7, 11) is 1.57. The van der Waals surface area contributed by atoms with Crippen molar-refractivity contribution >= 4 is 28.8 Å². The summed E-state index contributed by atoms with van der Waals surface area (Å²) in [6, 6.07) is 30.7. The van der Waals surface area contributed by atoms with Crippen molar-refractivity contribution < 1.29 is 23.5 Å². The first-order valence-corrected chi connectivity index (χ1v) is 11.4. The molecule has 5 nitrogen and oxygen atoms in total. The fraction of sp³-hybridized carbons (Fsp3) is 0.0323. The summed E-state index contributed by atoms with van der Waals surface area (Å²) in [5.41, 5.74) is 2.96. The Kier molecular flexibility index (Phi) is 6.45. The van der Waals surface area contributed by atoms with E-state index in [0.717, 1.165) is 11.1 Å². The van der Waals surface area contributed by atoms with E-state index < -0.39 is 5.97 Å². The SMILES string of the molecule is COc1ccc2oc(-c3ccccc3)c(C(=O)Oc3cccc(/C=C/C(=O)c4ccccc4)c3)c2c1. The molecule has 176 valence electrons. The van der Waals surface area contributed by atoms with Crippen LogP contribution in [0.2, 0.25) is 0 Å². The van der Waals surface area contributed by atoms with Crippen molar-refractivity contribution in [3.8, 4) is 22.8 Å². The number of methoxy groups -OCH3 is 1. The molecule has 0 atom stereocenters. The monoisotopic (exact) mass is 474 g/mol. The van der Waals surface area contributed by atoms with Crippen LogP contribution in [0.15, 0.2) is 114 Å². The molecule has 5 heteroatoms. The highest BCUT2D eigenvalue weighted by Crippen LogP contribution is 2.36. The van der Waals surface area contributed by atoms with Crippen molar-refractivity contribution in [1.82, 2.24) is 0 Å². The minimum absolute atomic E-state index is 0.107. The molecule has 0 amide bonds. The van der Waals surface area contributed by atoms with Gasteiger partial charge in [0.25, 0.3) is 0 Å². The molecule has 0 aliphatic heterocycles. The van der Waals surface area contributed by atoms with Crippen LogP contribution in [0.25, 0.3) is 28.4 Å². The third-order valence-electron chi connectivity index (χ3n) is 5.69. The molecule has 0 saturated carbocycles. The third kappa shape index (κ3) is 4.81. The van der Waals surface area contributed by atoms with Crippen molar-refractivity contribution in [2.24, 2.45) is 0 Å². The van der Waals surface area contributed by atoms with Gasteiger partial charge in [0, 0.05) is 16.5 Å². The van der Waals surface area contributed by atoms with Crippen molar-refractivity contribution in [3.63, 3.8) is 0 Å². The first-order chi connectivity index (χ1) is 17.6. The topological polar surface area (TPSA) is 65.7 Å². The van der Waals surface area contributed by atoms with Gasteiger partial charge in [-0.05, 0) is 42.0 Å². The van der Waals surface area contributed by atoms with E-state index in [2.05, 4.69) is 0 Å². The second-order valence-electron chi connectivity index (χ2n) is 8.06. The summed E-state index contributed by atoms with van der Waals surface area (Å²) in [5.74, 6) is 0.720. The van der Waals surface area contributed by atoms with Crippen molar-refractivity contribution in [2.45, 2.75) is 0 Å². The lowest BCUT2D eigenvalue weighted by molar-refractivity contribution is 0.0736. The molecule has 5 rings (SSSR count). The molecule has 1 aromatic heterocycles. The Balaban J connectivity index is 1.45. The van der Waals surface area contributed by atoms with E-state index in [0.29, 0.717) is 39.4 Å². The van der Waals surface area contributed by atoms with Gasteiger partial charge in [-0.15, -0.1) is 0 Å². The van der Waals surface area contributed by atoms with Crippen LogP contribution >= 0.6 is 0 Å². The van der Waals surface area contributed by atoms with Gasteiger partial charge in [-0.2, -0.15) is 0 Å². The maximum atomic E-state index is 13.5. The van der Waals surface area contributed by atoms with Crippen LogP contribution in [-0.2, 0) is 0 Å². The van der Waals surface area contributed by atoms with E-state index in [-0.39, 0.29) is 5.78 Å². The van der Waals surface area contributed by atoms with E-state index in [1.54, 1.807) is 61.7 Å². The van der Waals surface area contributed by atoms with E-state index in [4.69, 9.17) is 13.9 Å². The Bertz CT molecular complexity index is 1560. The molecule has 0 fully saturated rings. The normalized spacial score (nSPS) is 11.0. The number of carbonyl (C=O) groups is 2. The van der Waals surface area contributed by atoms with Crippen LogP contribution in [-0.4, -0.2) is 18.9 Å². The fourth-order valence-corrected chi connectivity index (χ4v) is 3.91. The Hall–Kier alpha value is -4.90. The number of hydrogen-bond donors (Lipinski definition) is 0. The molecule has 0 N–H and O–H groups in total. The average molecular weight is 475 g/mol. The molecule has 0 bridgehead atoms. The predicted molar refractivity (Wildman–Crippen MR) is 139 cm³/mol. The smallest absolute Gasteiger partial charge is 0.348 e. The lowest BCUT2D eigenvalue weighted by atomic mass is 10.1. The number of hydrogen-bond acceptors (Lipinski definition) is 5. The number of carbonyl (C=O) groups excluding carboxylic acids is 2. The second kappa shape index (κ2) is 10.2. The van der Waals surface area contributed by atoms with Crippen LogP contribution in [0.3, 0.4) is 0 Å². The van der Waals surface area contributed by atoms with Gasteiger partial charge in [-0.1, -0.05) is 78.9 Å². The second-order valence-corrected chi connectivity index (χ2v) is 8.06. The van der Waals surface area contributed by atoms with Crippen LogP contribution in [0.1, 0.15) is 26.3 Å². The molecule has 36 heavy (non-hydrogen) atoms. The van der Waals surface area contributed by atoms with Gasteiger partial charge in [-0.25, -0.2) is 4.79 Å². The third-order valence-corrected chi connectivity index (χ3v) is 5.69. The van der Waals surface area contributed by atoms with Crippen LogP contribution in [0.4, 0.5) is 0 Å². The quantitative estimate of drug-likeness (QED) is 0.108. The Labute approximate surface area is 208 Å². The number of rotatable bonds is 7. The maximum absolute atomic E-state index is 13.5. The average Bonchev–Trinajstić information content (AvgIpc) is 3.32. The molecule has 0 aliphatic carbocycles. The molecule has 0 unspecified atom stereocenters. The lowest BCUT2D eigenvalue weighted by Gasteiger charge is -2.07. The molecular weight excluding hydrogens is 452 g/mol. The summed E-state index contributed by atoms with van der Waals surface area (Å²) >= 11 is 0. The Morgan fingerprint density at radius 2 is 1.53 bits per heavy atom. The minimum atomic E-state index is -0.553. The van der Waals surface area contributed by atoms with E-state index in [1.807, 2.05) is 54.6 Å². The molecule has 0 saturated heterocycles. The summed E-state index contributed by atoms with van der Waals surface area (Å²) in [6.45, 7) is 0. The highest BCUT2D eigenvalue weighted by molar-refractivity contribution is 6.10. The number of benzene rings is 4. The van der Waals surface area contributed by atoms with E-state index in [1.165, 1.54) is 6.08 Å². The Morgan fingerprint density at radius 1 is 0.778 bits per heavy atom. The minimum Gasteiger partial charge on any atom is -0.497 e. The largest absolute Gasteiger partial charge is 0.497 e. The van der Waals surface area contributed by atoms with Gasteiger partial charge in [0.15, 0.2) is 5.78 Å². The van der Waals surface area contributed by atoms with Gasteiger partial charge >= 0.3 is 5.97 Å². The molecule has 5 aromatic rings. The zero-order valence-corrected chi connectivity index (χ0v) is 19.5. The van der Waals surface area contributed by atoms with Gasteiger partial charge in [0.2, 0.25) is 0 Å². The summed E-state index contributed by atoms with van der Waals surface area (Å²) in [6.07, 6.45) is 3.19. The standard InChI is InChI=1S/C31H22O5/c1-34-24-16-18-28-26(20-24)29(30(36-28)23-12-6-3-7-13-23)31(33)35-25-14-8-9-21(19-25)15-17-27(32)22-10-4-2-5-11-22/h2-20H,1H3/b17-15+. The number of ketones is 1. The summed E-state index contributed by atoms with van der Waals surface area (Å²) in [4.78, 5) is 25.8. The highest BCUT2D eigenvalue weighted by atomic mass is 16.5. The van der Waals surface area contributed by atoms with Gasteiger partial charge in [0.05, 0.1) is 7.11 Å². The summed E-state index contributed by atoms with van der Waals surface area (Å²) in [5, 5.41) is 0.600. The van der Waals surface area contributed by atoms with Crippen LogP contribution < -0.4 is 9.47 Å². The molecular formula is C31H22O5. The Morgan fingerprint density at radius 3 is 2.28 bits per heavy atom. The number of esters is 1. The molecule has 0 radical (unpaired) electrons. The van der Waals surface area contributed by atoms with Crippen molar-refractivity contribution in [3.05, 3.63) is 126 Å². The predicted octanol–water partition coefficient (Wildman–Crippen LogP) is 7.22.